The van der Waals surface area contributed by atoms with E-state index in [4.69, 9.17) is 28.4 Å². The third kappa shape index (κ3) is 15.3. The van der Waals surface area contributed by atoms with Gasteiger partial charge in [0, 0.05) is 13.0 Å². The molecule has 11 heteroatoms. The summed E-state index contributed by atoms with van der Waals surface area (Å²) in [5, 5.41) is 3.03. The van der Waals surface area contributed by atoms with Crippen molar-refractivity contribution in [3.8, 4) is 11.5 Å². The first-order valence-electron chi connectivity index (χ1n) is 14.3. The Morgan fingerprint density at radius 2 is 1.41 bits per heavy atom. The van der Waals surface area contributed by atoms with Crippen LogP contribution in [0.3, 0.4) is 0 Å². The van der Waals surface area contributed by atoms with Crippen LogP contribution in [0.5, 0.6) is 11.5 Å². The molecule has 0 fully saturated rings. The lowest BCUT2D eigenvalue weighted by atomic mass is 10.1. The van der Waals surface area contributed by atoms with Crippen molar-refractivity contribution in [3.63, 3.8) is 0 Å². The number of methoxy groups -OCH3 is 1. The van der Waals surface area contributed by atoms with E-state index >= 15 is 0 Å². The average Bonchev–Trinajstić information content (AvgIpc) is 2.95. The van der Waals surface area contributed by atoms with Gasteiger partial charge in [-0.05, 0) is 48.3 Å². The molecule has 1 rings (SSSR count). The molecule has 0 aromatic heterocycles. The summed E-state index contributed by atoms with van der Waals surface area (Å²) in [5.74, 6) is -0.244. The molecule has 3 atom stereocenters. The van der Waals surface area contributed by atoms with Gasteiger partial charge >= 0.3 is 24.2 Å². The fraction of sp³-hybridized carbons (Fsp3) is 0.667. The van der Waals surface area contributed by atoms with Gasteiger partial charge in [-0.3, -0.25) is 9.59 Å². The van der Waals surface area contributed by atoms with Crippen molar-refractivity contribution in [2.24, 2.45) is 17.8 Å². The summed E-state index contributed by atoms with van der Waals surface area (Å²) in [6, 6.07) is 3.76. The van der Waals surface area contributed by atoms with Crippen LogP contribution in [0.25, 0.3) is 0 Å². The molecule has 0 aliphatic rings. The van der Waals surface area contributed by atoms with E-state index in [9.17, 15) is 19.2 Å². The molecule has 2 unspecified atom stereocenters. The summed E-state index contributed by atoms with van der Waals surface area (Å²) in [5.41, 5.74) is 0.576. The first kappa shape index (κ1) is 35.7. The summed E-state index contributed by atoms with van der Waals surface area (Å²) in [6.45, 7) is 12.5. The van der Waals surface area contributed by atoms with Crippen LogP contribution < -0.4 is 14.8 Å². The monoisotopic (exact) mass is 581 g/mol. The molecule has 1 aromatic rings. The largest absolute Gasteiger partial charge is 0.513 e. The Labute approximate surface area is 243 Å². The molecule has 0 aliphatic carbocycles. The average molecular weight is 582 g/mol. The highest BCUT2D eigenvalue weighted by Gasteiger charge is 2.22. The van der Waals surface area contributed by atoms with Crippen molar-refractivity contribution >= 4 is 24.2 Å². The van der Waals surface area contributed by atoms with E-state index in [0.29, 0.717) is 17.9 Å². The third-order valence-corrected chi connectivity index (χ3v) is 6.37. The number of benzene rings is 1. The van der Waals surface area contributed by atoms with Gasteiger partial charge in [0.25, 0.3) is 0 Å². The van der Waals surface area contributed by atoms with Crippen LogP contribution in [0.1, 0.15) is 72.8 Å². The smallest absolute Gasteiger partial charge is 0.468 e. The minimum Gasteiger partial charge on any atom is -0.468 e. The predicted octanol–water partition coefficient (Wildman–Crippen LogP) is 5.46. The van der Waals surface area contributed by atoms with Gasteiger partial charge in [0.1, 0.15) is 12.6 Å². The zero-order chi connectivity index (χ0) is 30.8. The van der Waals surface area contributed by atoms with E-state index in [2.05, 4.69) is 5.32 Å². The van der Waals surface area contributed by atoms with E-state index in [1.165, 1.54) is 19.2 Å². The van der Waals surface area contributed by atoms with E-state index in [0.717, 1.165) is 19.3 Å². The van der Waals surface area contributed by atoms with E-state index < -0.39 is 24.3 Å². The van der Waals surface area contributed by atoms with Gasteiger partial charge < -0.3 is 33.7 Å². The molecule has 0 spiro atoms. The van der Waals surface area contributed by atoms with Crippen LogP contribution in [0.4, 0.5) is 9.59 Å². The van der Waals surface area contributed by atoms with Crippen LogP contribution in [-0.4, -0.2) is 63.8 Å². The van der Waals surface area contributed by atoms with Gasteiger partial charge in [-0.15, -0.1) is 0 Å². The normalized spacial score (nSPS) is 13.1. The Kier molecular flexibility index (Phi) is 17.1. The zero-order valence-electron chi connectivity index (χ0n) is 25.5. The van der Waals surface area contributed by atoms with Crippen LogP contribution in [0, 0.1) is 17.8 Å². The number of nitrogens with one attached hydrogen (secondary N) is 1. The second kappa shape index (κ2) is 19.7. The van der Waals surface area contributed by atoms with E-state index in [1.807, 2.05) is 41.5 Å². The quantitative estimate of drug-likeness (QED) is 0.102. The van der Waals surface area contributed by atoms with Gasteiger partial charge in [0.15, 0.2) is 11.5 Å². The van der Waals surface area contributed by atoms with Crippen molar-refractivity contribution < 1.29 is 47.6 Å². The SMILES string of the molecule is CCC(C)COC(=O)Oc1ccc(C[C@H](NCCOC(=O)CCC(C)C)C(=O)OC)cc1OC(=O)OCC(C)CC. The molecular weight excluding hydrogens is 534 g/mol. The molecule has 0 heterocycles. The van der Waals surface area contributed by atoms with Gasteiger partial charge in [-0.25, -0.2) is 9.59 Å². The lowest BCUT2D eigenvalue weighted by Gasteiger charge is -2.18. The lowest BCUT2D eigenvalue weighted by Crippen LogP contribution is -2.41. The highest BCUT2D eigenvalue weighted by atomic mass is 16.7. The first-order valence-corrected chi connectivity index (χ1v) is 14.3. The Bertz CT molecular complexity index is 965. The fourth-order valence-electron chi connectivity index (χ4n) is 3.23. The molecule has 232 valence electrons. The molecule has 0 radical (unpaired) electrons. The standard InChI is InChI=1S/C30H47NO10/c1-8-21(5)18-38-29(34)40-25-12-11-23(17-26(25)41-30(35)39-19-22(6)9-2)16-24(28(33)36-7)31-14-15-37-27(32)13-10-20(3)4/h11-12,17,20-22,24,31H,8-10,13-16,18-19H2,1-7H3/t21?,22?,24-/m0/s1. The fourth-order valence-corrected chi connectivity index (χ4v) is 3.23. The highest BCUT2D eigenvalue weighted by Crippen LogP contribution is 2.30. The van der Waals surface area contributed by atoms with Crippen LogP contribution >= 0.6 is 0 Å². The molecule has 11 nitrogen and oxygen atoms in total. The lowest BCUT2D eigenvalue weighted by molar-refractivity contribution is -0.144. The van der Waals surface area contributed by atoms with Crippen molar-refractivity contribution in [1.29, 1.82) is 0 Å². The van der Waals surface area contributed by atoms with Crippen LogP contribution in [0.15, 0.2) is 18.2 Å². The number of carbonyl (C=O) groups excluding carboxylic acids is 4. The molecule has 1 aromatic carbocycles. The molecule has 1 N–H and O–H groups in total. The molecule has 41 heavy (non-hydrogen) atoms. The number of hydrogen-bond donors (Lipinski definition) is 1. The Morgan fingerprint density at radius 3 is 1.95 bits per heavy atom. The minimum atomic E-state index is -0.956. The Balaban J connectivity index is 2.97. The second-order valence-electron chi connectivity index (χ2n) is 10.5. The number of rotatable bonds is 18. The number of ether oxygens (including phenoxy) is 6. The van der Waals surface area contributed by atoms with E-state index in [1.54, 1.807) is 6.07 Å². The molecular formula is C30H47NO10. The predicted molar refractivity (Wildman–Crippen MR) is 152 cm³/mol. The van der Waals surface area contributed by atoms with Crippen molar-refractivity contribution in [3.05, 3.63) is 23.8 Å². The summed E-state index contributed by atoms with van der Waals surface area (Å²) in [4.78, 5) is 48.9. The maximum absolute atomic E-state index is 12.4. The summed E-state index contributed by atoms with van der Waals surface area (Å²) in [7, 11) is 1.27. The highest BCUT2D eigenvalue weighted by molar-refractivity contribution is 5.76. The van der Waals surface area contributed by atoms with Crippen molar-refractivity contribution in [2.45, 2.75) is 79.7 Å². The topological polar surface area (TPSA) is 136 Å². The van der Waals surface area contributed by atoms with Gasteiger partial charge in [0.2, 0.25) is 0 Å². The molecule has 0 saturated heterocycles. The van der Waals surface area contributed by atoms with Gasteiger partial charge in [-0.2, -0.15) is 0 Å². The van der Waals surface area contributed by atoms with Gasteiger partial charge in [-0.1, -0.05) is 60.5 Å². The minimum absolute atomic E-state index is 0.0423. The van der Waals surface area contributed by atoms with Crippen molar-refractivity contribution in [2.75, 3.05) is 33.5 Å². The number of carbonyl (C=O) groups is 4. The molecule has 0 bridgehead atoms. The van der Waals surface area contributed by atoms with Crippen LogP contribution in [0.2, 0.25) is 0 Å². The van der Waals surface area contributed by atoms with Crippen molar-refractivity contribution in [1.82, 2.24) is 5.32 Å². The maximum Gasteiger partial charge on any atom is 0.513 e. The third-order valence-electron chi connectivity index (χ3n) is 6.37. The van der Waals surface area contributed by atoms with Gasteiger partial charge in [0.05, 0.1) is 20.3 Å². The van der Waals surface area contributed by atoms with E-state index in [-0.39, 0.29) is 62.1 Å². The van der Waals surface area contributed by atoms with Crippen LogP contribution in [-0.2, 0) is 35.0 Å². The summed E-state index contributed by atoms with van der Waals surface area (Å²) >= 11 is 0. The summed E-state index contributed by atoms with van der Waals surface area (Å²) < 4.78 is 31.2. The second-order valence-corrected chi connectivity index (χ2v) is 10.5. The molecule has 0 aliphatic heterocycles. The molecule has 0 saturated carbocycles. The Morgan fingerprint density at radius 1 is 0.829 bits per heavy atom. The molecule has 0 amide bonds. The Hall–Kier alpha value is -3.34. The first-order chi connectivity index (χ1) is 19.5. The number of esters is 2. The maximum atomic E-state index is 12.4. The zero-order valence-corrected chi connectivity index (χ0v) is 25.5. The number of hydrogen-bond acceptors (Lipinski definition) is 11. The summed E-state index contributed by atoms with van der Waals surface area (Å²) in [6.07, 6.45) is 0.967.